The first-order valence-corrected chi connectivity index (χ1v) is 11.4. The summed E-state index contributed by atoms with van der Waals surface area (Å²) in [4.78, 5) is 0. The number of halogens is 1. The summed E-state index contributed by atoms with van der Waals surface area (Å²) in [6.07, 6.45) is 11.8. The zero-order valence-electron chi connectivity index (χ0n) is 18.8. The van der Waals surface area contributed by atoms with Gasteiger partial charge in [0.05, 0.1) is 12.4 Å². The van der Waals surface area contributed by atoms with Gasteiger partial charge in [-0.3, -0.25) is 0 Å². The number of hydrogen-bond donors (Lipinski definition) is 0. The van der Waals surface area contributed by atoms with Crippen molar-refractivity contribution in [3.8, 4) is 11.1 Å². The number of hydrogen-bond acceptors (Lipinski definition) is 2. The molecule has 0 aliphatic rings. The number of aryl methyl sites for hydroxylation is 2. The molecule has 0 spiro atoms. The predicted molar refractivity (Wildman–Crippen MR) is 135 cm³/mol. The second-order valence-electron chi connectivity index (χ2n) is 7.91. The average molecular weight is 427 g/mol. The van der Waals surface area contributed by atoms with Crippen LogP contribution in [0.2, 0.25) is 0 Å². The zero-order valence-corrected chi connectivity index (χ0v) is 18.8. The molecule has 32 heavy (non-hydrogen) atoms. The van der Waals surface area contributed by atoms with Crippen molar-refractivity contribution >= 4 is 12.4 Å². The Hall–Kier alpha value is -3.33. The molecular formula is C29H31FN2. The van der Waals surface area contributed by atoms with Gasteiger partial charge in [-0.25, -0.2) is 4.39 Å². The molecule has 0 heterocycles. The van der Waals surface area contributed by atoms with Crippen LogP contribution in [0.5, 0.6) is 0 Å². The summed E-state index contributed by atoms with van der Waals surface area (Å²) in [6, 6.07) is 21.5. The summed E-state index contributed by atoms with van der Waals surface area (Å²) in [5.74, 6) is -0.258. The fraction of sp³-hybridized carbons (Fsp3) is 0.241. The molecule has 0 bridgehead atoms. The minimum Gasteiger partial charge on any atom is -0.206 e. The van der Waals surface area contributed by atoms with Gasteiger partial charge in [0.25, 0.3) is 0 Å². The van der Waals surface area contributed by atoms with E-state index in [1.165, 1.54) is 36.5 Å². The molecule has 3 rings (SSSR count). The van der Waals surface area contributed by atoms with Crippen LogP contribution in [0.1, 0.15) is 54.9 Å². The smallest absolute Gasteiger partial charge is 0.131 e. The quantitative estimate of drug-likeness (QED) is 0.129. The van der Waals surface area contributed by atoms with E-state index in [2.05, 4.69) is 41.9 Å². The van der Waals surface area contributed by atoms with E-state index in [0.717, 1.165) is 30.4 Å². The fourth-order valence-electron chi connectivity index (χ4n) is 3.62. The lowest BCUT2D eigenvalue weighted by atomic mass is 10.00. The molecule has 3 heteroatoms. The molecule has 0 unspecified atom stereocenters. The van der Waals surface area contributed by atoms with Crippen molar-refractivity contribution < 1.29 is 4.39 Å². The van der Waals surface area contributed by atoms with Crippen molar-refractivity contribution in [2.75, 3.05) is 0 Å². The molecule has 0 saturated heterocycles. The van der Waals surface area contributed by atoms with Gasteiger partial charge in [-0.05, 0) is 59.6 Å². The molecule has 0 aliphatic carbocycles. The average Bonchev–Trinajstić information content (AvgIpc) is 2.82. The highest BCUT2D eigenvalue weighted by Gasteiger charge is 2.06. The monoisotopic (exact) mass is 426 g/mol. The fourth-order valence-corrected chi connectivity index (χ4v) is 3.62. The normalized spacial score (nSPS) is 11.4. The Bertz CT molecular complexity index is 1060. The summed E-state index contributed by atoms with van der Waals surface area (Å²) in [7, 11) is 0. The van der Waals surface area contributed by atoms with Crippen LogP contribution in [0.15, 0.2) is 89.6 Å². The summed E-state index contributed by atoms with van der Waals surface area (Å²) >= 11 is 0. The second kappa shape index (κ2) is 12.5. The van der Waals surface area contributed by atoms with Crippen molar-refractivity contribution in [3.63, 3.8) is 0 Å². The van der Waals surface area contributed by atoms with Crippen LogP contribution in [-0.2, 0) is 12.8 Å². The van der Waals surface area contributed by atoms with Crippen molar-refractivity contribution in [2.24, 2.45) is 10.2 Å². The lowest BCUT2D eigenvalue weighted by molar-refractivity contribution is 0.631. The van der Waals surface area contributed by atoms with Crippen LogP contribution < -0.4 is 0 Å². The lowest BCUT2D eigenvalue weighted by Crippen LogP contribution is -1.92. The third kappa shape index (κ3) is 6.84. The highest BCUT2D eigenvalue weighted by molar-refractivity contribution is 5.84. The molecule has 0 N–H and O–H groups in total. The van der Waals surface area contributed by atoms with E-state index in [4.69, 9.17) is 0 Å². The van der Waals surface area contributed by atoms with Gasteiger partial charge in [0, 0.05) is 5.56 Å². The standard InChI is InChI=1S/C29H31FN2/c1-3-5-7-10-23-14-17-26(18-15-23)28-19-16-24(20-29(28)30)21-31-32-22-27-13-9-8-12-25(27)11-6-4-2/h4,8-9,12-22H,2-3,5-7,10-11H2,1H3. The topological polar surface area (TPSA) is 24.7 Å². The van der Waals surface area contributed by atoms with Crippen LogP contribution in [0.25, 0.3) is 11.1 Å². The number of allylic oxidation sites excluding steroid dienone is 1. The van der Waals surface area contributed by atoms with Crippen LogP contribution in [0.4, 0.5) is 4.39 Å². The van der Waals surface area contributed by atoms with Crippen LogP contribution in [0.3, 0.4) is 0 Å². The van der Waals surface area contributed by atoms with E-state index in [9.17, 15) is 4.39 Å². The van der Waals surface area contributed by atoms with E-state index in [-0.39, 0.29) is 5.82 Å². The molecule has 3 aromatic rings. The minimum atomic E-state index is -0.258. The Balaban J connectivity index is 1.65. The van der Waals surface area contributed by atoms with E-state index in [0.29, 0.717) is 11.1 Å². The van der Waals surface area contributed by atoms with Crippen molar-refractivity contribution in [3.05, 3.63) is 107 Å². The largest absolute Gasteiger partial charge is 0.206 e. The molecular weight excluding hydrogens is 395 g/mol. The Morgan fingerprint density at radius 1 is 0.875 bits per heavy atom. The van der Waals surface area contributed by atoms with Crippen LogP contribution >= 0.6 is 0 Å². The third-order valence-electron chi connectivity index (χ3n) is 5.47. The Labute approximate surface area is 191 Å². The molecule has 0 atom stereocenters. The van der Waals surface area contributed by atoms with Gasteiger partial charge in [-0.1, -0.05) is 86.5 Å². The van der Waals surface area contributed by atoms with Gasteiger partial charge in [-0.15, -0.1) is 6.58 Å². The Morgan fingerprint density at radius 2 is 1.66 bits per heavy atom. The number of benzene rings is 3. The zero-order chi connectivity index (χ0) is 22.6. The van der Waals surface area contributed by atoms with Gasteiger partial charge < -0.3 is 0 Å². The first-order valence-electron chi connectivity index (χ1n) is 11.4. The predicted octanol–water partition coefficient (Wildman–Crippen LogP) is 7.80. The van der Waals surface area contributed by atoms with Gasteiger partial charge in [0.1, 0.15) is 5.82 Å². The number of nitrogens with zero attached hydrogens (tertiary/aromatic N) is 2. The molecule has 0 amide bonds. The van der Waals surface area contributed by atoms with Gasteiger partial charge in [0.2, 0.25) is 0 Å². The van der Waals surface area contributed by atoms with Crippen molar-refractivity contribution in [1.29, 1.82) is 0 Å². The number of rotatable bonds is 11. The first kappa shape index (κ1) is 23.3. The first-order chi connectivity index (χ1) is 15.7. The summed E-state index contributed by atoms with van der Waals surface area (Å²) in [5, 5.41) is 8.26. The highest BCUT2D eigenvalue weighted by Crippen LogP contribution is 2.24. The SMILES string of the molecule is C=CCCc1ccccc1C=NN=Cc1ccc(-c2ccc(CCCCC)cc2)c(F)c1. The van der Waals surface area contributed by atoms with E-state index >= 15 is 0 Å². The van der Waals surface area contributed by atoms with Crippen molar-refractivity contribution in [1.82, 2.24) is 0 Å². The molecule has 0 aliphatic heterocycles. The lowest BCUT2D eigenvalue weighted by Gasteiger charge is -2.06. The molecule has 2 nitrogen and oxygen atoms in total. The highest BCUT2D eigenvalue weighted by atomic mass is 19.1. The van der Waals surface area contributed by atoms with E-state index in [1.54, 1.807) is 18.5 Å². The van der Waals surface area contributed by atoms with Gasteiger partial charge in [0.15, 0.2) is 0 Å². The summed E-state index contributed by atoms with van der Waals surface area (Å²) in [6.45, 7) is 5.98. The maximum absolute atomic E-state index is 14.7. The molecule has 0 saturated carbocycles. The van der Waals surface area contributed by atoms with E-state index in [1.807, 2.05) is 42.5 Å². The minimum absolute atomic E-state index is 0.258. The van der Waals surface area contributed by atoms with Crippen molar-refractivity contribution in [2.45, 2.75) is 45.4 Å². The third-order valence-corrected chi connectivity index (χ3v) is 5.47. The Kier molecular flexibility index (Phi) is 9.12. The molecule has 164 valence electrons. The van der Waals surface area contributed by atoms with Gasteiger partial charge >= 0.3 is 0 Å². The van der Waals surface area contributed by atoms with E-state index < -0.39 is 0 Å². The Morgan fingerprint density at radius 3 is 2.41 bits per heavy atom. The number of unbranched alkanes of at least 4 members (excludes halogenated alkanes) is 2. The molecule has 0 aromatic heterocycles. The molecule has 3 aromatic carbocycles. The maximum atomic E-state index is 14.7. The molecule has 0 radical (unpaired) electrons. The van der Waals surface area contributed by atoms with Gasteiger partial charge in [-0.2, -0.15) is 10.2 Å². The molecule has 0 fully saturated rings. The van der Waals surface area contributed by atoms with Crippen LogP contribution in [0, 0.1) is 5.82 Å². The maximum Gasteiger partial charge on any atom is 0.131 e. The summed E-state index contributed by atoms with van der Waals surface area (Å²) < 4.78 is 14.7. The summed E-state index contributed by atoms with van der Waals surface area (Å²) in [5.41, 5.74) is 5.71. The van der Waals surface area contributed by atoms with Crippen LogP contribution in [-0.4, -0.2) is 12.4 Å². The second-order valence-corrected chi connectivity index (χ2v) is 7.91.